The molecule has 0 saturated heterocycles. The van der Waals surface area contributed by atoms with Crippen molar-refractivity contribution >= 4 is 17.4 Å². The standard InChI is InChI=1S/C26H28N2O/c1-16-12-18(3)23(19(4)13-16)26(29)28-25(22-10-8-7-9-11-22)27-24-20(5)14-17(2)15-21(24)6/h7-15H,1-6H3,(H,27,28,29). The van der Waals surface area contributed by atoms with E-state index in [0.717, 1.165) is 39.1 Å². The van der Waals surface area contributed by atoms with Gasteiger partial charge in [0.05, 0.1) is 5.69 Å². The van der Waals surface area contributed by atoms with Crippen LogP contribution in [0, 0.1) is 41.5 Å². The number of aliphatic imine (C=N–C) groups is 1. The maximum Gasteiger partial charge on any atom is 0.257 e. The lowest BCUT2D eigenvalue weighted by Crippen LogP contribution is -2.32. The lowest BCUT2D eigenvalue weighted by atomic mass is 9.99. The van der Waals surface area contributed by atoms with Crippen molar-refractivity contribution in [3.8, 4) is 0 Å². The topological polar surface area (TPSA) is 41.5 Å². The van der Waals surface area contributed by atoms with E-state index in [1.165, 1.54) is 5.56 Å². The summed E-state index contributed by atoms with van der Waals surface area (Å²) in [6.07, 6.45) is 0. The summed E-state index contributed by atoms with van der Waals surface area (Å²) in [5, 5.41) is 3.08. The molecule has 0 aromatic heterocycles. The van der Waals surface area contributed by atoms with Crippen molar-refractivity contribution in [2.24, 2.45) is 4.99 Å². The summed E-state index contributed by atoms with van der Waals surface area (Å²) in [7, 11) is 0. The van der Waals surface area contributed by atoms with Crippen LogP contribution >= 0.6 is 0 Å². The highest BCUT2D eigenvalue weighted by Crippen LogP contribution is 2.26. The molecule has 29 heavy (non-hydrogen) atoms. The van der Waals surface area contributed by atoms with Crippen LogP contribution in [0.2, 0.25) is 0 Å². The summed E-state index contributed by atoms with van der Waals surface area (Å²) in [6.45, 7) is 12.2. The first-order valence-electron chi connectivity index (χ1n) is 9.87. The van der Waals surface area contributed by atoms with Gasteiger partial charge in [0, 0.05) is 11.1 Å². The van der Waals surface area contributed by atoms with Gasteiger partial charge >= 0.3 is 0 Å². The van der Waals surface area contributed by atoms with E-state index in [9.17, 15) is 4.79 Å². The van der Waals surface area contributed by atoms with Crippen LogP contribution in [0.15, 0.2) is 59.6 Å². The van der Waals surface area contributed by atoms with Gasteiger partial charge in [-0.15, -0.1) is 0 Å². The molecule has 3 heteroatoms. The zero-order valence-corrected chi connectivity index (χ0v) is 18.1. The molecule has 0 aliphatic heterocycles. The van der Waals surface area contributed by atoms with E-state index in [1.807, 2.05) is 63.2 Å². The van der Waals surface area contributed by atoms with Gasteiger partial charge in [-0.1, -0.05) is 65.7 Å². The van der Waals surface area contributed by atoms with Gasteiger partial charge < -0.3 is 5.32 Å². The number of amides is 1. The SMILES string of the molecule is Cc1cc(C)c(N=C(NC(=O)c2c(C)cc(C)cc2C)c2ccccc2)c(C)c1. The van der Waals surface area contributed by atoms with Gasteiger partial charge in [-0.05, 0) is 63.8 Å². The summed E-state index contributed by atoms with van der Waals surface area (Å²) in [5.41, 5.74) is 8.95. The fourth-order valence-electron chi connectivity index (χ4n) is 3.93. The van der Waals surface area contributed by atoms with E-state index in [0.29, 0.717) is 11.4 Å². The van der Waals surface area contributed by atoms with Crippen LogP contribution in [0.5, 0.6) is 0 Å². The Hall–Kier alpha value is -3.20. The molecule has 3 aromatic carbocycles. The van der Waals surface area contributed by atoms with Crippen molar-refractivity contribution in [1.82, 2.24) is 5.32 Å². The van der Waals surface area contributed by atoms with Gasteiger partial charge in [-0.25, -0.2) is 4.99 Å². The van der Waals surface area contributed by atoms with E-state index in [2.05, 4.69) is 38.2 Å². The number of amidine groups is 1. The molecule has 0 saturated carbocycles. The Labute approximate surface area is 173 Å². The van der Waals surface area contributed by atoms with Crippen molar-refractivity contribution < 1.29 is 4.79 Å². The van der Waals surface area contributed by atoms with Gasteiger partial charge in [-0.2, -0.15) is 0 Å². The molecular weight excluding hydrogens is 356 g/mol. The zero-order chi connectivity index (χ0) is 21.1. The molecule has 3 nitrogen and oxygen atoms in total. The summed E-state index contributed by atoms with van der Waals surface area (Å²) in [6, 6.07) is 18.1. The second-order valence-electron chi connectivity index (χ2n) is 7.80. The minimum atomic E-state index is -0.134. The number of benzene rings is 3. The molecular formula is C26H28N2O. The number of nitrogens with one attached hydrogen (secondary N) is 1. The normalized spacial score (nSPS) is 11.4. The third kappa shape index (κ3) is 4.62. The molecule has 0 heterocycles. The van der Waals surface area contributed by atoms with Crippen LogP contribution < -0.4 is 5.32 Å². The van der Waals surface area contributed by atoms with E-state index < -0.39 is 0 Å². The average molecular weight is 385 g/mol. The van der Waals surface area contributed by atoms with Gasteiger partial charge in [0.25, 0.3) is 5.91 Å². The molecule has 1 N–H and O–H groups in total. The molecule has 0 aliphatic carbocycles. The number of carbonyl (C=O) groups is 1. The number of rotatable bonds is 3. The molecule has 0 fully saturated rings. The van der Waals surface area contributed by atoms with E-state index in [1.54, 1.807) is 0 Å². The summed E-state index contributed by atoms with van der Waals surface area (Å²) < 4.78 is 0. The molecule has 3 aromatic rings. The van der Waals surface area contributed by atoms with Crippen molar-refractivity contribution in [2.45, 2.75) is 41.5 Å². The van der Waals surface area contributed by atoms with E-state index >= 15 is 0 Å². The summed E-state index contributed by atoms with van der Waals surface area (Å²) >= 11 is 0. The molecule has 1 amide bonds. The second kappa shape index (κ2) is 8.44. The predicted octanol–water partition coefficient (Wildman–Crippen LogP) is 6.05. The number of nitrogens with zero attached hydrogens (tertiary/aromatic N) is 1. The first kappa shape index (κ1) is 20.5. The van der Waals surface area contributed by atoms with Crippen LogP contribution in [0.1, 0.15) is 49.3 Å². The number of aryl methyl sites for hydroxylation is 6. The smallest absolute Gasteiger partial charge is 0.257 e. The Bertz CT molecular complexity index is 1050. The van der Waals surface area contributed by atoms with Crippen LogP contribution in [0.3, 0.4) is 0 Å². The fraction of sp³-hybridized carbons (Fsp3) is 0.231. The lowest BCUT2D eigenvalue weighted by Gasteiger charge is -2.15. The molecule has 0 atom stereocenters. The first-order valence-corrected chi connectivity index (χ1v) is 9.87. The monoisotopic (exact) mass is 384 g/mol. The molecule has 148 valence electrons. The minimum absolute atomic E-state index is 0.134. The molecule has 0 spiro atoms. The predicted molar refractivity (Wildman–Crippen MR) is 121 cm³/mol. The van der Waals surface area contributed by atoms with Gasteiger partial charge in [0.15, 0.2) is 0 Å². The number of hydrogen-bond acceptors (Lipinski definition) is 2. The highest BCUT2D eigenvalue weighted by Gasteiger charge is 2.16. The van der Waals surface area contributed by atoms with E-state index in [-0.39, 0.29) is 5.91 Å². The zero-order valence-electron chi connectivity index (χ0n) is 18.1. The fourth-order valence-corrected chi connectivity index (χ4v) is 3.93. The molecule has 0 aliphatic rings. The Morgan fingerprint density at radius 3 is 1.72 bits per heavy atom. The Morgan fingerprint density at radius 1 is 0.724 bits per heavy atom. The average Bonchev–Trinajstić information content (AvgIpc) is 2.63. The van der Waals surface area contributed by atoms with Crippen LogP contribution in [-0.4, -0.2) is 11.7 Å². The highest BCUT2D eigenvalue weighted by atomic mass is 16.1. The molecule has 0 unspecified atom stereocenters. The second-order valence-corrected chi connectivity index (χ2v) is 7.80. The Balaban J connectivity index is 2.08. The Morgan fingerprint density at radius 2 is 1.21 bits per heavy atom. The quantitative estimate of drug-likeness (QED) is 0.434. The third-order valence-electron chi connectivity index (χ3n) is 5.04. The van der Waals surface area contributed by atoms with E-state index in [4.69, 9.17) is 4.99 Å². The van der Waals surface area contributed by atoms with Crippen LogP contribution in [-0.2, 0) is 0 Å². The lowest BCUT2D eigenvalue weighted by molar-refractivity contribution is 0.0976. The van der Waals surface area contributed by atoms with Crippen LogP contribution in [0.4, 0.5) is 5.69 Å². The third-order valence-corrected chi connectivity index (χ3v) is 5.04. The summed E-state index contributed by atoms with van der Waals surface area (Å²) in [5.74, 6) is 0.426. The first-order chi connectivity index (χ1) is 13.8. The molecule has 0 radical (unpaired) electrons. The van der Waals surface area contributed by atoms with Gasteiger partial charge in [0.2, 0.25) is 0 Å². The minimum Gasteiger partial charge on any atom is -0.306 e. The molecule has 0 bridgehead atoms. The maximum absolute atomic E-state index is 13.2. The van der Waals surface area contributed by atoms with Crippen molar-refractivity contribution in [3.05, 3.63) is 99.1 Å². The van der Waals surface area contributed by atoms with Crippen LogP contribution in [0.25, 0.3) is 0 Å². The van der Waals surface area contributed by atoms with Crippen molar-refractivity contribution in [2.75, 3.05) is 0 Å². The number of carbonyl (C=O) groups excluding carboxylic acids is 1. The van der Waals surface area contributed by atoms with Gasteiger partial charge in [0.1, 0.15) is 5.84 Å². The Kier molecular flexibility index (Phi) is 5.97. The van der Waals surface area contributed by atoms with Crippen molar-refractivity contribution in [3.63, 3.8) is 0 Å². The maximum atomic E-state index is 13.2. The largest absolute Gasteiger partial charge is 0.306 e. The van der Waals surface area contributed by atoms with Gasteiger partial charge in [-0.3, -0.25) is 4.79 Å². The number of hydrogen-bond donors (Lipinski definition) is 1. The summed E-state index contributed by atoms with van der Waals surface area (Å²) in [4.78, 5) is 18.1. The van der Waals surface area contributed by atoms with Crippen molar-refractivity contribution in [1.29, 1.82) is 0 Å². The highest BCUT2D eigenvalue weighted by molar-refractivity contribution is 6.14. The molecule has 3 rings (SSSR count).